The van der Waals surface area contributed by atoms with Gasteiger partial charge in [0.15, 0.2) is 0 Å². The van der Waals surface area contributed by atoms with Crippen molar-refractivity contribution in [2.45, 2.75) is 6.92 Å². The molecule has 0 atom stereocenters. The summed E-state index contributed by atoms with van der Waals surface area (Å²) < 4.78 is 0.820. The van der Waals surface area contributed by atoms with Gasteiger partial charge >= 0.3 is 0 Å². The molecule has 0 saturated heterocycles. The molecule has 0 spiro atoms. The lowest BCUT2D eigenvalue weighted by Gasteiger charge is -1.95. The lowest BCUT2D eigenvalue weighted by molar-refractivity contribution is -0.384. The van der Waals surface area contributed by atoms with Crippen LogP contribution in [0.4, 0.5) is 5.69 Å². The van der Waals surface area contributed by atoms with E-state index in [2.05, 4.69) is 0 Å². The summed E-state index contributed by atoms with van der Waals surface area (Å²) in [5.74, 6) is 0.948. The average molecular weight is 253 g/mol. The van der Waals surface area contributed by atoms with E-state index in [1.165, 1.54) is 12.1 Å². The molecule has 0 saturated carbocycles. The van der Waals surface area contributed by atoms with E-state index in [0.717, 1.165) is 15.5 Å². The quantitative estimate of drug-likeness (QED) is 0.355. The summed E-state index contributed by atoms with van der Waals surface area (Å²) in [4.78, 5) is 10.0. The molecule has 0 N–H and O–H groups in total. The molecule has 1 aromatic carbocycles. The number of thioether (sulfide) groups is 1. The summed E-state index contributed by atoms with van der Waals surface area (Å²) in [6, 6.07) is 6.37. The molecule has 5 heteroatoms. The first-order chi connectivity index (χ1) is 7.63. The van der Waals surface area contributed by atoms with Crippen LogP contribution in [0.1, 0.15) is 12.5 Å². The van der Waals surface area contributed by atoms with Gasteiger partial charge in [0, 0.05) is 12.1 Å². The molecule has 84 valence electrons. The van der Waals surface area contributed by atoms with Gasteiger partial charge in [-0.05, 0) is 29.5 Å². The van der Waals surface area contributed by atoms with E-state index in [4.69, 9.17) is 12.2 Å². The van der Waals surface area contributed by atoms with Gasteiger partial charge in [-0.2, -0.15) is 0 Å². The van der Waals surface area contributed by atoms with Gasteiger partial charge in [0.25, 0.3) is 5.69 Å². The van der Waals surface area contributed by atoms with Crippen LogP contribution in [0, 0.1) is 10.1 Å². The van der Waals surface area contributed by atoms with Crippen molar-refractivity contribution in [1.82, 2.24) is 0 Å². The highest BCUT2D eigenvalue weighted by Gasteiger charge is 2.02. The smallest absolute Gasteiger partial charge is 0.258 e. The Morgan fingerprint density at radius 2 is 2.12 bits per heavy atom. The van der Waals surface area contributed by atoms with Crippen LogP contribution >= 0.6 is 24.0 Å². The van der Waals surface area contributed by atoms with Gasteiger partial charge in [-0.25, -0.2) is 0 Å². The highest BCUT2D eigenvalue weighted by molar-refractivity contribution is 8.23. The van der Waals surface area contributed by atoms with Gasteiger partial charge in [0.05, 0.1) is 9.12 Å². The molecule has 0 aliphatic carbocycles. The number of nitro groups is 1. The minimum absolute atomic E-state index is 0.0997. The maximum absolute atomic E-state index is 10.4. The Balaban J connectivity index is 2.68. The molecule has 0 bridgehead atoms. The van der Waals surface area contributed by atoms with Crippen molar-refractivity contribution in [1.29, 1.82) is 0 Å². The molecule has 0 aliphatic rings. The summed E-state index contributed by atoms with van der Waals surface area (Å²) in [5, 5.41) is 10.4. The first-order valence-electron chi connectivity index (χ1n) is 4.72. The number of rotatable bonds is 4. The monoisotopic (exact) mass is 253 g/mol. The third-order valence-corrected chi connectivity index (χ3v) is 3.00. The van der Waals surface area contributed by atoms with Crippen LogP contribution in [0.3, 0.4) is 0 Å². The maximum atomic E-state index is 10.4. The van der Waals surface area contributed by atoms with E-state index in [1.54, 1.807) is 23.9 Å². The molecule has 0 aliphatic heterocycles. The molecule has 3 nitrogen and oxygen atoms in total. The van der Waals surface area contributed by atoms with E-state index in [-0.39, 0.29) is 5.69 Å². The fraction of sp³-hybridized carbons (Fsp3) is 0.182. The predicted molar refractivity (Wildman–Crippen MR) is 72.9 cm³/mol. The minimum atomic E-state index is -0.412. The van der Waals surface area contributed by atoms with Gasteiger partial charge in [0.2, 0.25) is 0 Å². The highest BCUT2D eigenvalue weighted by atomic mass is 32.2. The van der Waals surface area contributed by atoms with Gasteiger partial charge in [0.1, 0.15) is 0 Å². The summed E-state index contributed by atoms with van der Waals surface area (Å²) in [6.45, 7) is 2.04. The fourth-order valence-corrected chi connectivity index (χ4v) is 1.93. The first-order valence-corrected chi connectivity index (χ1v) is 6.12. The fourth-order valence-electron chi connectivity index (χ4n) is 1.06. The Hall–Kier alpha value is -1.20. The van der Waals surface area contributed by atoms with Crippen LogP contribution in [0.15, 0.2) is 30.3 Å². The van der Waals surface area contributed by atoms with E-state index in [1.807, 2.05) is 19.1 Å². The molecular formula is C11H11NO2S2. The minimum Gasteiger partial charge on any atom is -0.258 e. The van der Waals surface area contributed by atoms with Crippen molar-refractivity contribution in [3.05, 3.63) is 46.0 Å². The molecule has 0 amide bonds. The number of nitro benzene ring substituents is 1. The summed E-state index contributed by atoms with van der Waals surface area (Å²) in [5.41, 5.74) is 1.01. The Labute approximate surface area is 104 Å². The number of hydrogen-bond acceptors (Lipinski definition) is 4. The molecule has 0 unspecified atom stereocenters. The van der Waals surface area contributed by atoms with Crippen molar-refractivity contribution < 1.29 is 4.92 Å². The molecule has 16 heavy (non-hydrogen) atoms. The number of hydrogen-bond donors (Lipinski definition) is 0. The van der Waals surface area contributed by atoms with Crippen LogP contribution in [-0.4, -0.2) is 14.9 Å². The second-order valence-electron chi connectivity index (χ2n) is 2.93. The third-order valence-electron chi connectivity index (χ3n) is 1.80. The molecule has 0 fully saturated rings. The van der Waals surface area contributed by atoms with Crippen LogP contribution < -0.4 is 0 Å². The Morgan fingerprint density at radius 1 is 1.50 bits per heavy atom. The second-order valence-corrected chi connectivity index (χ2v) is 4.94. The Bertz CT molecular complexity index is 412. The number of non-ortho nitro benzene ring substituents is 1. The van der Waals surface area contributed by atoms with Crippen molar-refractivity contribution in [3.8, 4) is 0 Å². The standard InChI is InChI=1S/C11H11NO2S2/c1-2-16-11(15)8-5-9-3-6-10(7-4-9)12(13)14/h3-8H,2H2,1H3/b8-5+. The summed E-state index contributed by atoms with van der Waals surface area (Å²) in [7, 11) is 0. The van der Waals surface area contributed by atoms with Crippen LogP contribution in [0.2, 0.25) is 0 Å². The first kappa shape index (κ1) is 12.9. The van der Waals surface area contributed by atoms with E-state index in [9.17, 15) is 10.1 Å². The zero-order valence-corrected chi connectivity index (χ0v) is 10.4. The molecule has 1 aromatic rings. The zero-order valence-electron chi connectivity index (χ0n) is 8.75. The van der Waals surface area contributed by atoms with E-state index < -0.39 is 4.92 Å². The summed E-state index contributed by atoms with van der Waals surface area (Å²) in [6.07, 6.45) is 3.69. The van der Waals surface area contributed by atoms with Crippen LogP contribution in [0.5, 0.6) is 0 Å². The topological polar surface area (TPSA) is 43.1 Å². The lowest BCUT2D eigenvalue weighted by Crippen LogP contribution is -1.87. The van der Waals surface area contributed by atoms with Crippen LogP contribution in [-0.2, 0) is 0 Å². The largest absolute Gasteiger partial charge is 0.269 e. The second kappa shape index (κ2) is 6.40. The number of nitrogens with zero attached hydrogens (tertiary/aromatic N) is 1. The number of benzene rings is 1. The Morgan fingerprint density at radius 3 is 2.62 bits per heavy atom. The van der Waals surface area contributed by atoms with E-state index in [0.29, 0.717) is 0 Å². The van der Waals surface area contributed by atoms with Crippen LogP contribution in [0.25, 0.3) is 6.08 Å². The summed E-state index contributed by atoms with van der Waals surface area (Å²) >= 11 is 6.68. The third kappa shape index (κ3) is 4.12. The molecule has 0 aromatic heterocycles. The zero-order chi connectivity index (χ0) is 12.0. The number of thiocarbonyl (C=S) groups is 1. The average Bonchev–Trinajstić information content (AvgIpc) is 2.27. The molecule has 0 heterocycles. The van der Waals surface area contributed by atoms with Crippen molar-refractivity contribution in [3.63, 3.8) is 0 Å². The SMILES string of the molecule is CCSC(=S)/C=C/c1ccc([N+](=O)[O-])cc1. The van der Waals surface area contributed by atoms with Gasteiger partial charge < -0.3 is 0 Å². The maximum Gasteiger partial charge on any atom is 0.269 e. The van der Waals surface area contributed by atoms with Gasteiger partial charge in [-0.15, -0.1) is 11.8 Å². The van der Waals surface area contributed by atoms with Crippen molar-refractivity contribution in [2.24, 2.45) is 0 Å². The van der Waals surface area contributed by atoms with Gasteiger partial charge in [-0.3, -0.25) is 10.1 Å². The molecule has 1 rings (SSSR count). The van der Waals surface area contributed by atoms with E-state index >= 15 is 0 Å². The normalized spacial score (nSPS) is 10.6. The van der Waals surface area contributed by atoms with Crippen molar-refractivity contribution in [2.75, 3.05) is 5.75 Å². The molecule has 0 radical (unpaired) electrons. The highest BCUT2D eigenvalue weighted by Crippen LogP contribution is 2.14. The lowest BCUT2D eigenvalue weighted by atomic mass is 10.2. The Kier molecular flexibility index (Phi) is 5.14. The molecular weight excluding hydrogens is 242 g/mol. The van der Waals surface area contributed by atoms with Gasteiger partial charge in [-0.1, -0.05) is 25.2 Å². The van der Waals surface area contributed by atoms with Crippen molar-refractivity contribution >= 4 is 39.9 Å². The predicted octanol–water partition coefficient (Wildman–Crippen LogP) is 3.69.